The highest BCUT2D eigenvalue weighted by atomic mass is 35.5. The van der Waals surface area contributed by atoms with Gasteiger partial charge in [-0.15, -0.1) is 5.10 Å². The van der Waals surface area contributed by atoms with Gasteiger partial charge in [0.05, 0.1) is 10.6 Å². The maximum atomic E-state index is 12.2. The Kier molecular flexibility index (Phi) is 4.83. The van der Waals surface area contributed by atoms with Gasteiger partial charge < -0.3 is 4.42 Å². The van der Waals surface area contributed by atoms with Crippen molar-refractivity contribution >= 4 is 40.9 Å². The van der Waals surface area contributed by atoms with Crippen LogP contribution in [0.15, 0.2) is 46.9 Å². The van der Waals surface area contributed by atoms with E-state index in [9.17, 15) is 9.59 Å². The van der Waals surface area contributed by atoms with Crippen LogP contribution >= 0.6 is 23.2 Å². The summed E-state index contributed by atoms with van der Waals surface area (Å²) in [6.07, 6.45) is 0. The van der Waals surface area contributed by atoms with Gasteiger partial charge in [-0.3, -0.25) is 14.9 Å². The largest absolute Gasteiger partial charge is 0.403 e. The lowest BCUT2D eigenvalue weighted by atomic mass is 10.1. The number of anilines is 1. The number of halogens is 2. The Morgan fingerprint density at radius 2 is 1.68 bits per heavy atom. The van der Waals surface area contributed by atoms with Gasteiger partial charge in [0.15, 0.2) is 5.78 Å². The Morgan fingerprint density at radius 1 is 1.00 bits per heavy atom. The smallest absolute Gasteiger partial charge is 0.322 e. The van der Waals surface area contributed by atoms with Gasteiger partial charge in [0.25, 0.3) is 11.8 Å². The number of benzene rings is 2. The summed E-state index contributed by atoms with van der Waals surface area (Å²) < 4.78 is 5.41. The van der Waals surface area contributed by atoms with E-state index in [1.54, 1.807) is 30.3 Å². The predicted molar refractivity (Wildman–Crippen MR) is 94.2 cm³/mol. The Morgan fingerprint density at radius 3 is 2.36 bits per heavy atom. The Hall–Kier alpha value is -2.70. The fraction of sp³-hybridized carbons (Fsp3) is 0.0588. The number of ketones is 1. The molecule has 0 fully saturated rings. The lowest BCUT2D eigenvalue weighted by Crippen LogP contribution is -2.12. The molecule has 0 aliphatic rings. The van der Waals surface area contributed by atoms with Gasteiger partial charge in [-0.25, -0.2) is 0 Å². The molecular formula is C17H11Cl2N3O3. The molecule has 1 N–H and O–H groups in total. The van der Waals surface area contributed by atoms with Crippen LogP contribution in [0.25, 0.3) is 11.5 Å². The van der Waals surface area contributed by atoms with Crippen LogP contribution in [0.4, 0.5) is 6.01 Å². The molecule has 1 heterocycles. The average Bonchev–Trinajstić information content (AvgIpc) is 3.05. The molecule has 0 radical (unpaired) electrons. The van der Waals surface area contributed by atoms with Crippen molar-refractivity contribution in [3.63, 3.8) is 0 Å². The van der Waals surface area contributed by atoms with E-state index in [0.717, 1.165) is 0 Å². The highest BCUT2D eigenvalue weighted by molar-refractivity contribution is 6.35. The molecule has 3 rings (SSSR count). The molecule has 0 unspecified atom stereocenters. The molecule has 8 heteroatoms. The molecule has 126 valence electrons. The van der Waals surface area contributed by atoms with E-state index in [1.807, 2.05) is 0 Å². The molecule has 2 aromatic carbocycles. The first-order chi connectivity index (χ1) is 11.9. The third-order valence-corrected chi connectivity index (χ3v) is 3.92. The van der Waals surface area contributed by atoms with E-state index in [2.05, 4.69) is 15.5 Å². The molecule has 3 aromatic rings. The second-order valence-corrected chi connectivity index (χ2v) is 5.97. The van der Waals surface area contributed by atoms with Gasteiger partial charge in [-0.2, -0.15) is 0 Å². The van der Waals surface area contributed by atoms with Gasteiger partial charge in [-0.05, 0) is 37.3 Å². The van der Waals surface area contributed by atoms with Crippen molar-refractivity contribution in [2.45, 2.75) is 6.92 Å². The van der Waals surface area contributed by atoms with E-state index >= 15 is 0 Å². The zero-order chi connectivity index (χ0) is 18.0. The molecule has 1 aromatic heterocycles. The van der Waals surface area contributed by atoms with E-state index < -0.39 is 5.91 Å². The number of nitrogens with zero attached hydrogens (tertiary/aromatic N) is 2. The summed E-state index contributed by atoms with van der Waals surface area (Å²) in [6, 6.07) is 11.0. The lowest BCUT2D eigenvalue weighted by Gasteiger charge is -2.02. The summed E-state index contributed by atoms with van der Waals surface area (Å²) in [4.78, 5) is 23.4. The lowest BCUT2D eigenvalue weighted by molar-refractivity contribution is 0.100. The molecule has 0 atom stereocenters. The topological polar surface area (TPSA) is 85.1 Å². The van der Waals surface area contributed by atoms with Crippen molar-refractivity contribution in [1.29, 1.82) is 0 Å². The number of carbonyl (C=O) groups excluding carboxylic acids is 2. The molecule has 6 nitrogen and oxygen atoms in total. The Labute approximate surface area is 152 Å². The highest BCUT2D eigenvalue weighted by Gasteiger charge is 2.15. The number of hydrogen-bond donors (Lipinski definition) is 1. The van der Waals surface area contributed by atoms with Crippen molar-refractivity contribution in [1.82, 2.24) is 10.2 Å². The fourth-order valence-electron chi connectivity index (χ4n) is 2.07. The first kappa shape index (κ1) is 17.1. The summed E-state index contributed by atoms with van der Waals surface area (Å²) in [5, 5.41) is 11.0. The minimum atomic E-state index is -0.442. The zero-order valence-electron chi connectivity index (χ0n) is 12.9. The minimum absolute atomic E-state index is 0.0769. The van der Waals surface area contributed by atoms with E-state index in [0.29, 0.717) is 26.7 Å². The summed E-state index contributed by atoms with van der Waals surface area (Å²) in [6.45, 7) is 1.45. The van der Waals surface area contributed by atoms with Crippen molar-refractivity contribution in [3.8, 4) is 11.5 Å². The first-order valence-corrected chi connectivity index (χ1v) is 7.91. The second-order valence-electron chi connectivity index (χ2n) is 5.12. The molecule has 0 aliphatic heterocycles. The van der Waals surface area contributed by atoms with Crippen LogP contribution in [0.5, 0.6) is 0 Å². The molecule has 0 saturated carbocycles. The van der Waals surface area contributed by atoms with Crippen LogP contribution in [-0.2, 0) is 0 Å². The van der Waals surface area contributed by atoms with Crippen molar-refractivity contribution in [2.24, 2.45) is 0 Å². The van der Waals surface area contributed by atoms with Crippen LogP contribution in [0.2, 0.25) is 10.0 Å². The maximum Gasteiger partial charge on any atom is 0.322 e. The standard InChI is InChI=1S/C17H11Cl2N3O3/c1-9(23)10-2-4-11(5-3-10)15(24)20-17-22-21-16(25-17)13-8-12(18)6-7-14(13)19/h2-8H,1H3,(H,20,22,24). The average molecular weight is 376 g/mol. The monoisotopic (exact) mass is 375 g/mol. The maximum absolute atomic E-state index is 12.2. The number of carbonyl (C=O) groups is 2. The van der Waals surface area contributed by atoms with Gasteiger partial charge in [0.2, 0.25) is 0 Å². The van der Waals surface area contributed by atoms with E-state index in [4.69, 9.17) is 27.6 Å². The van der Waals surface area contributed by atoms with Crippen LogP contribution in [0.3, 0.4) is 0 Å². The van der Waals surface area contributed by atoms with Gasteiger partial charge >= 0.3 is 6.01 Å². The number of hydrogen-bond acceptors (Lipinski definition) is 5. The number of amides is 1. The number of aromatic nitrogens is 2. The molecule has 0 aliphatic carbocycles. The normalized spacial score (nSPS) is 10.5. The quantitative estimate of drug-likeness (QED) is 0.678. The van der Waals surface area contributed by atoms with Crippen LogP contribution in [0, 0.1) is 0 Å². The number of nitrogens with one attached hydrogen (secondary N) is 1. The molecule has 1 amide bonds. The fourth-order valence-corrected chi connectivity index (χ4v) is 2.44. The molecular weight excluding hydrogens is 365 g/mol. The van der Waals surface area contributed by atoms with Crippen molar-refractivity contribution < 1.29 is 14.0 Å². The molecule has 0 bridgehead atoms. The summed E-state index contributed by atoms with van der Waals surface area (Å²) in [5.74, 6) is -0.385. The third-order valence-electron chi connectivity index (χ3n) is 3.36. The predicted octanol–water partition coefficient (Wildman–Crippen LogP) is 4.50. The SMILES string of the molecule is CC(=O)c1ccc(C(=O)Nc2nnc(-c3cc(Cl)ccc3Cl)o2)cc1. The summed E-state index contributed by atoms with van der Waals surface area (Å²) >= 11 is 12.0. The number of Topliss-reactive ketones (excluding diaryl/α,β-unsaturated/α-hetero) is 1. The Bertz CT molecular complexity index is 952. The number of rotatable bonds is 4. The third kappa shape index (κ3) is 3.87. The molecule has 25 heavy (non-hydrogen) atoms. The second kappa shape index (κ2) is 7.04. The van der Waals surface area contributed by atoms with Crippen LogP contribution in [0.1, 0.15) is 27.6 Å². The Balaban J connectivity index is 1.78. The minimum Gasteiger partial charge on any atom is -0.403 e. The van der Waals surface area contributed by atoms with Gasteiger partial charge in [-0.1, -0.05) is 40.4 Å². The van der Waals surface area contributed by atoms with Crippen molar-refractivity contribution in [3.05, 3.63) is 63.6 Å². The van der Waals surface area contributed by atoms with E-state index in [1.165, 1.54) is 19.1 Å². The van der Waals surface area contributed by atoms with Gasteiger partial charge in [0, 0.05) is 16.1 Å². The first-order valence-electron chi connectivity index (χ1n) is 7.15. The van der Waals surface area contributed by atoms with Gasteiger partial charge in [0.1, 0.15) is 0 Å². The molecule has 0 saturated heterocycles. The zero-order valence-corrected chi connectivity index (χ0v) is 14.4. The highest BCUT2D eigenvalue weighted by Crippen LogP contribution is 2.30. The summed E-state index contributed by atoms with van der Waals surface area (Å²) in [5.41, 5.74) is 1.34. The van der Waals surface area contributed by atoms with E-state index in [-0.39, 0.29) is 17.7 Å². The van der Waals surface area contributed by atoms with Crippen LogP contribution in [-0.4, -0.2) is 21.9 Å². The molecule has 0 spiro atoms. The van der Waals surface area contributed by atoms with Crippen molar-refractivity contribution in [2.75, 3.05) is 5.32 Å². The summed E-state index contributed by atoms with van der Waals surface area (Å²) in [7, 11) is 0. The van der Waals surface area contributed by atoms with Crippen LogP contribution < -0.4 is 5.32 Å².